The highest BCUT2D eigenvalue weighted by atomic mass is 16.1. The molecule has 0 bridgehead atoms. The van der Waals surface area contributed by atoms with Crippen molar-refractivity contribution in [3.63, 3.8) is 0 Å². The van der Waals surface area contributed by atoms with E-state index in [2.05, 4.69) is 9.98 Å². The molecule has 0 saturated carbocycles. The summed E-state index contributed by atoms with van der Waals surface area (Å²) in [5.74, 6) is -0.210. The van der Waals surface area contributed by atoms with Crippen molar-refractivity contribution in [1.29, 1.82) is 0 Å². The van der Waals surface area contributed by atoms with Gasteiger partial charge in [-0.1, -0.05) is 18.2 Å². The summed E-state index contributed by atoms with van der Waals surface area (Å²) in [5, 5.41) is 1.77. The second-order valence-electron chi connectivity index (χ2n) is 3.20. The molecule has 66 valence electrons. The highest BCUT2D eigenvalue weighted by Gasteiger charge is 2.11. The minimum atomic E-state index is -0.210. The SMILES string of the molecule is O=C1N=CN=c2cc3c(cc21)=CC=C3. The average Bonchev–Trinajstić information content (AvgIpc) is 2.62. The Labute approximate surface area is 79.8 Å². The molecule has 0 N–H and O–H groups in total. The minimum absolute atomic E-state index is 0.210. The second-order valence-corrected chi connectivity index (χ2v) is 3.20. The third-order valence-corrected chi connectivity index (χ3v) is 2.36. The average molecular weight is 182 g/mol. The van der Waals surface area contributed by atoms with Crippen molar-refractivity contribution in [1.82, 2.24) is 0 Å². The van der Waals surface area contributed by atoms with Gasteiger partial charge in [0.15, 0.2) is 0 Å². The Kier molecular flexibility index (Phi) is 1.31. The van der Waals surface area contributed by atoms with Crippen molar-refractivity contribution < 1.29 is 4.79 Å². The monoisotopic (exact) mass is 182 g/mol. The van der Waals surface area contributed by atoms with Crippen LogP contribution in [-0.4, -0.2) is 12.2 Å². The smallest absolute Gasteiger partial charge is 0.267 e. The van der Waals surface area contributed by atoms with E-state index in [1.807, 2.05) is 30.4 Å². The quantitative estimate of drug-likeness (QED) is 0.568. The van der Waals surface area contributed by atoms with Gasteiger partial charge in [-0.3, -0.25) is 4.79 Å². The van der Waals surface area contributed by atoms with Crippen LogP contribution in [0.4, 0.5) is 0 Å². The molecule has 0 saturated heterocycles. The molecule has 2 aliphatic rings. The van der Waals surface area contributed by atoms with E-state index >= 15 is 0 Å². The number of hydrogen-bond donors (Lipinski definition) is 0. The normalized spacial score (nSPS) is 15.9. The van der Waals surface area contributed by atoms with Gasteiger partial charge in [0.25, 0.3) is 5.91 Å². The zero-order valence-corrected chi connectivity index (χ0v) is 7.27. The summed E-state index contributed by atoms with van der Waals surface area (Å²) in [4.78, 5) is 19.1. The molecule has 0 unspecified atom stereocenters. The van der Waals surface area contributed by atoms with Crippen LogP contribution in [0.2, 0.25) is 0 Å². The first-order chi connectivity index (χ1) is 6.84. The van der Waals surface area contributed by atoms with Crippen LogP contribution in [0, 0.1) is 0 Å². The lowest BCUT2D eigenvalue weighted by Crippen LogP contribution is -2.23. The largest absolute Gasteiger partial charge is 0.280 e. The Hall–Kier alpha value is -2.03. The van der Waals surface area contributed by atoms with Gasteiger partial charge in [-0.05, 0) is 22.9 Å². The Morgan fingerprint density at radius 1 is 1.21 bits per heavy atom. The van der Waals surface area contributed by atoms with E-state index in [9.17, 15) is 4.79 Å². The molecule has 0 spiro atoms. The van der Waals surface area contributed by atoms with Crippen LogP contribution in [-0.2, 0) is 0 Å². The van der Waals surface area contributed by atoms with Crippen molar-refractivity contribution >= 4 is 24.4 Å². The first kappa shape index (κ1) is 7.38. The zero-order valence-electron chi connectivity index (χ0n) is 7.27. The lowest BCUT2D eigenvalue weighted by Gasteiger charge is -2.01. The number of hydrogen-bond acceptors (Lipinski definition) is 2. The predicted molar refractivity (Wildman–Crippen MR) is 53.5 cm³/mol. The predicted octanol–water partition coefficient (Wildman–Crippen LogP) is 0.296. The fourth-order valence-corrected chi connectivity index (χ4v) is 1.66. The van der Waals surface area contributed by atoms with Gasteiger partial charge in [0.1, 0.15) is 6.34 Å². The number of allylic oxidation sites excluding steroid dienone is 1. The first-order valence-corrected chi connectivity index (χ1v) is 4.32. The topological polar surface area (TPSA) is 41.8 Å². The van der Waals surface area contributed by atoms with E-state index in [0.29, 0.717) is 10.9 Å². The highest BCUT2D eigenvalue weighted by Crippen LogP contribution is 2.03. The second kappa shape index (κ2) is 2.48. The summed E-state index contributed by atoms with van der Waals surface area (Å²) in [6, 6.07) is 3.75. The maximum absolute atomic E-state index is 11.4. The molecule has 1 heterocycles. The molecule has 3 heteroatoms. The Bertz CT molecular complexity index is 609. The van der Waals surface area contributed by atoms with Crippen LogP contribution in [0.15, 0.2) is 28.2 Å². The van der Waals surface area contributed by atoms with E-state index in [0.717, 1.165) is 10.8 Å². The lowest BCUT2D eigenvalue weighted by molar-refractivity contribution is 0.100. The highest BCUT2D eigenvalue weighted by molar-refractivity contribution is 6.00. The molecule has 1 amide bonds. The maximum atomic E-state index is 11.4. The van der Waals surface area contributed by atoms with E-state index < -0.39 is 0 Å². The van der Waals surface area contributed by atoms with Crippen LogP contribution in [0.5, 0.6) is 0 Å². The standard InChI is InChI=1S/C11H6N2O/c14-11-9-4-7-2-1-3-8(7)5-10(9)12-6-13-11/h1-6H. The molecular weight excluding hydrogens is 176 g/mol. The molecule has 1 aromatic carbocycles. The van der Waals surface area contributed by atoms with E-state index in [4.69, 9.17) is 0 Å². The molecular formula is C11H6N2O. The third-order valence-electron chi connectivity index (χ3n) is 2.36. The van der Waals surface area contributed by atoms with Gasteiger partial charge in [0.2, 0.25) is 0 Å². The summed E-state index contributed by atoms with van der Waals surface area (Å²) >= 11 is 0. The van der Waals surface area contributed by atoms with E-state index in [1.54, 1.807) is 0 Å². The van der Waals surface area contributed by atoms with Gasteiger partial charge in [0, 0.05) is 0 Å². The Morgan fingerprint density at radius 3 is 3.07 bits per heavy atom. The molecule has 1 aromatic rings. The summed E-state index contributed by atoms with van der Waals surface area (Å²) in [5.41, 5.74) is 1.70. The number of carbonyl (C=O) groups excluding carboxylic acids is 1. The number of nitrogens with zero attached hydrogens (tertiary/aromatic N) is 2. The summed E-state index contributed by atoms with van der Waals surface area (Å²) < 4.78 is 0. The van der Waals surface area contributed by atoms with Gasteiger partial charge < -0.3 is 0 Å². The van der Waals surface area contributed by atoms with Crippen LogP contribution in [0.3, 0.4) is 0 Å². The zero-order chi connectivity index (χ0) is 9.54. The van der Waals surface area contributed by atoms with Gasteiger partial charge >= 0.3 is 0 Å². The molecule has 0 fully saturated rings. The molecule has 1 aliphatic heterocycles. The fourth-order valence-electron chi connectivity index (χ4n) is 1.66. The molecule has 14 heavy (non-hydrogen) atoms. The van der Waals surface area contributed by atoms with Crippen LogP contribution in [0.25, 0.3) is 12.2 Å². The number of fused-ring (bicyclic) bond motifs is 2. The summed E-state index contributed by atoms with van der Waals surface area (Å²) in [7, 11) is 0. The van der Waals surface area contributed by atoms with Crippen molar-refractivity contribution in [2.45, 2.75) is 0 Å². The van der Waals surface area contributed by atoms with Crippen molar-refractivity contribution in [3.05, 3.63) is 39.9 Å². The molecule has 0 radical (unpaired) electrons. The summed E-state index contributed by atoms with van der Waals surface area (Å²) in [6.45, 7) is 0. The van der Waals surface area contributed by atoms with E-state index in [1.165, 1.54) is 6.34 Å². The summed E-state index contributed by atoms with van der Waals surface area (Å²) in [6.07, 6.45) is 7.24. The van der Waals surface area contributed by atoms with Gasteiger partial charge in [-0.15, -0.1) is 0 Å². The molecule has 0 atom stereocenters. The van der Waals surface area contributed by atoms with Crippen LogP contribution >= 0.6 is 0 Å². The van der Waals surface area contributed by atoms with Gasteiger partial charge in [-0.25, -0.2) is 4.99 Å². The van der Waals surface area contributed by atoms with Gasteiger partial charge in [0.05, 0.1) is 10.9 Å². The van der Waals surface area contributed by atoms with Gasteiger partial charge in [-0.2, -0.15) is 4.99 Å². The number of rotatable bonds is 0. The van der Waals surface area contributed by atoms with Crippen molar-refractivity contribution in [3.8, 4) is 0 Å². The Morgan fingerprint density at radius 2 is 2.14 bits per heavy atom. The lowest BCUT2D eigenvalue weighted by atomic mass is 10.1. The maximum Gasteiger partial charge on any atom is 0.280 e. The number of benzene rings is 1. The fraction of sp³-hybridized carbons (Fsp3) is 0. The number of carbonyl (C=O) groups is 1. The molecule has 1 aliphatic carbocycles. The van der Waals surface area contributed by atoms with Crippen LogP contribution in [0.1, 0.15) is 15.9 Å². The van der Waals surface area contributed by atoms with Crippen LogP contribution < -0.4 is 10.6 Å². The molecule has 0 aromatic heterocycles. The van der Waals surface area contributed by atoms with Crippen molar-refractivity contribution in [2.24, 2.45) is 9.98 Å². The molecule has 3 nitrogen and oxygen atoms in total. The molecule has 3 rings (SSSR count). The Balaban J connectivity index is 2.45. The van der Waals surface area contributed by atoms with E-state index in [-0.39, 0.29) is 5.91 Å². The minimum Gasteiger partial charge on any atom is -0.267 e. The van der Waals surface area contributed by atoms with Crippen molar-refractivity contribution in [2.75, 3.05) is 0 Å². The number of aliphatic imine (C=N–C) groups is 1. The first-order valence-electron chi connectivity index (χ1n) is 4.32. The third kappa shape index (κ3) is 0.893. The number of amides is 1.